The fraction of sp³-hybridized carbons (Fsp3) is 0.158. The van der Waals surface area contributed by atoms with Crippen LogP contribution in [0.25, 0.3) is 10.9 Å². The van der Waals surface area contributed by atoms with Crippen molar-refractivity contribution in [2.45, 2.75) is 19.4 Å². The first-order chi connectivity index (χ1) is 11.6. The lowest BCUT2D eigenvalue weighted by atomic mass is 9.99. The number of rotatable bonds is 2. The molecule has 1 aliphatic heterocycles. The summed E-state index contributed by atoms with van der Waals surface area (Å²) in [5.41, 5.74) is 8.31. The van der Waals surface area contributed by atoms with Crippen LogP contribution in [0.5, 0.6) is 0 Å². The van der Waals surface area contributed by atoms with E-state index in [1.807, 2.05) is 37.3 Å². The molecule has 0 aliphatic carbocycles. The largest absolute Gasteiger partial charge is 0.302 e. The maximum atomic E-state index is 6.43. The standard InChI is InChI=1S/C19H15Cl2N3/c1-11-2-3-13-9-15(19(21)22-16(13)8-11)18-10-17(23-24-18)12-4-6-14(20)7-5-12/h2-9,18,24H,10H2,1H3. The number of aryl methyl sites for hydroxylation is 1. The Morgan fingerprint density at radius 1 is 1.04 bits per heavy atom. The van der Waals surface area contributed by atoms with Gasteiger partial charge < -0.3 is 5.43 Å². The lowest BCUT2D eigenvalue weighted by Crippen LogP contribution is -2.11. The minimum Gasteiger partial charge on any atom is -0.302 e. The number of hydrogen-bond donors (Lipinski definition) is 1. The van der Waals surface area contributed by atoms with Gasteiger partial charge in [0.15, 0.2) is 0 Å². The van der Waals surface area contributed by atoms with Gasteiger partial charge in [0.25, 0.3) is 0 Å². The normalized spacial score (nSPS) is 17.0. The number of halogens is 2. The third-order valence-electron chi connectivity index (χ3n) is 4.26. The van der Waals surface area contributed by atoms with Crippen molar-refractivity contribution in [2.24, 2.45) is 5.10 Å². The number of hydrazone groups is 1. The summed E-state index contributed by atoms with van der Waals surface area (Å²) in [5.74, 6) is 0. The zero-order valence-electron chi connectivity index (χ0n) is 13.1. The van der Waals surface area contributed by atoms with E-state index in [1.165, 1.54) is 5.56 Å². The lowest BCUT2D eigenvalue weighted by Gasteiger charge is -2.13. The molecule has 120 valence electrons. The van der Waals surface area contributed by atoms with Crippen LogP contribution in [0.3, 0.4) is 0 Å². The molecule has 3 nitrogen and oxygen atoms in total. The first kappa shape index (κ1) is 15.4. The van der Waals surface area contributed by atoms with Gasteiger partial charge in [-0.3, -0.25) is 0 Å². The van der Waals surface area contributed by atoms with Crippen LogP contribution in [0.2, 0.25) is 10.2 Å². The Balaban J connectivity index is 1.64. The van der Waals surface area contributed by atoms with E-state index in [4.69, 9.17) is 23.2 Å². The molecule has 1 aromatic heterocycles. The first-order valence-electron chi connectivity index (χ1n) is 7.75. The highest BCUT2D eigenvalue weighted by Crippen LogP contribution is 2.31. The molecular formula is C19H15Cl2N3. The van der Waals surface area contributed by atoms with E-state index in [9.17, 15) is 0 Å². The molecule has 24 heavy (non-hydrogen) atoms. The second kappa shape index (κ2) is 6.08. The summed E-state index contributed by atoms with van der Waals surface area (Å²) < 4.78 is 0. The fourth-order valence-electron chi connectivity index (χ4n) is 2.96. The van der Waals surface area contributed by atoms with Crippen molar-refractivity contribution in [3.8, 4) is 0 Å². The second-order valence-electron chi connectivity index (χ2n) is 6.02. The Morgan fingerprint density at radius 2 is 1.83 bits per heavy atom. The summed E-state index contributed by atoms with van der Waals surface area (Å²) in [4.78, 5) is 4.55. The van der Waals surface area contributed by atoms with Crippen molar-refractivity contribution < 1.29 is 0 Å². The van der Waals surface area contributed by atoms with Gasteiger partial charge in [0.05, 0.1) is 17.3 Å². The molecule has 0 saturated heterocycles. The van der Waals surface area contributed by atoms with Gasteiger partial charge in [0.2, 0.25) is 0 Å². The van der Waals surface area contributed by atoms with E-state index in [-0.39, 0.29) is 6.04 Å². The van der Waals surface area contributed by atoms with Gasteiger partial charge in [-0.1, -0.05) is 47.5 Å². The average Bonchev–Trinajstić information content (AvgIpc) is 3.04. The first-order valence-corrected chi connectivity index (χ1v) is 8.50. The highest BCUT2D eigenvalue weighted by molar-refractivity contribution is 6.31. The molecule has 2 aromatic carbocycles. The van der Waals surface area contributed by atoms with Crippen molar-refractivity contribution in [2.75, 3.05) is 0 Å². The van der Waals surface area contributed by atoms with Gasteiger partial charge in [-0.2, -0.15) is 5.10 Å². The highest BCUT2D eigenvalue weighted by Gasteiger charge is 2.24. The zero-order chi connectivity index (χ0) is 16.7. The fourth-order valence-corrected chi connectivity index (χ4v) is 3.36. The van der Waals surface area contributed by atoms with Crippen LogP contribution in [0.1, 0.15) is 29.2 Å². The van der Waals surface area contributed by atoms with Crippen molar-refractivity contribution in [1.29, 1.82) is 0 Å². The maximum Gasteiger partial charge on any atom is 0.135 e. The molecule has 1 unspecified atom stereocenters. The molecular weight excluding hydrogens is 341 g/mol. The molecule has 1 N–H and O–H groups in total. The third-order valence-corrected chi connectivity index (χ3v) is 4.81. The Hall–Kier alpha value is -2.10. The summed E-state index contributed by atoms with van der Waals surface area (Å²) >= 11 is 12.4. The molecule has 4 rings (SSSR count). The van der Waals surface area contributed by atoms with E-state index in [0.29, 0.717) is 5.15 Å². The van der Waals surface area contributed by atoms with Gasteiger partial charge >= 0.3 is 0 Å². The summed E-state index contributed by atoms with van der Waals surface area (Å²) in [6.07, 6.45) is 0.764. The van der Waals surface area contributed by atoms with E-state index in [2.05, 4.69) is 33.7 Å². The molecule has 3 aromatic rings. The molecule has 2 heterocycles. The van der Waals surface area contributed by atoms with Crippen LogP contribution in [0, 0.1) is 6.92 Å². The van der Waals surface area contributed by atoms with Crippen LogP contribution in [-0.2, 0) is 0 Å². The molecule has 0 bridgehead atoms. The number of benzene rings is 2. The van der Waals surface area contributed by atoms with Crippen LogP contribution in [0.15, 0.2) is 53.6 Å². The molecule has 0 amide bonds. The Kier molecular flexibility index (Phi) is 3.91. The zero-order valence-corrected chi connectivity index (χ0v) is 14.6. The predicted octanol–water partition coefficient (Wildman–Crippen LogP) is 5.29. The topological polar surface area (TPSA) is 37.3 Å². The molecule has 1 atom stereocenters. The van der Waals surface area contributed by atoms with Crippen molar-refractivity contribution in [1.82, 2.24) is 10.4 Å². The lowest BCUT2D eigenvalue weighted by molar-refractivity contribution is 0.619. The molecule has 0 saturated carbocycles. The summed E-state index contributed by atoms with van der Waals surface area (Å²) in [6.45, 7) is 2.05. The van der Waals surface area contributed by atoms with E-state index in [0.717, 1.165) is 39.2 Å². The minimum atomic E-state index is 0.0291. The van der Waals surface area contributed by atoms with Crippen molar-refractivity contribution in [3.63, 3.8) is 0 Å². The number of aromatic nitrogens is 1. The molecule has 0 radical (unpaired) electrons. The van der Waals surface area contributed by atoms with E-state index >= 15 is 0 Å². The second-order valence-corrected chi connectivity index (χ2v) is 6.81. The van der Waals surface area contributed by atoms with Crippen LogP contribution < -0.4 is 5.43 Å². The minimum absolute atomic E-state index is 0.0291. The van der Waals surface area contributed by atoms with Crippen LogP contribution >= 0.6 is 23.2 Å². The number of fused-ring (bicyclic) bond motifs is 1. The number of nitrogens with zero attached hydrogens (tertiary/aromatic N) is 2. The van der Waals surface area contributed by atoms with Crippen molar-refractivity contribution >= 4 is 39.8 Å². The quantitative estimate of drug-likeness (QED) is 0.634. The number of nitrogens with one attached hydrogen (secondary N) is 1. The van der Waals surface area contributed by atoms with Gasteiger partial charge in [-0.05, 0) is 42.3 Å². The van der Waals surface area contributed by atoms with Crippen LogP contribution in [0.4, 0.5) is 0 Å². The van der Waals surface area contributed by atoms with E-state index < -0.39 is 0 Å². The van der Waals surface area contributed by atoms with Gasteiger partial charge in [0, 0.05) is 22.4 Å². The van der Waals surface area contributed by atoms with E-state index in [1.54, 1.807) is 0 Å². The van der Waals surface area contributed by atoms with Gasteiger partial charge in [-0.15, -0.1) is 0 Å². The SMILES string of the molecule is Cc1ccc2cc(C3CC(c4ccc(Cl)cc4)=NN3)c(Cl)nc2c1. The Morgan fingerprint density at radius 3 is 2.62 bits per heavy atom. The van der Waals surface area contributed by atoms with Gasteiger partial charge in [0.1, 0.15) is 5.15 Å². The molecule has 0 spiro atoms. The average molecular weight is 356 g/mol. The third kappa shape index (κ3) is 2.85. The molecule has 0 fully saturated rings. The summed E-state index contributed by atoms with van der Waals surface area (Å²) in [5, 5.41) is 6.80. The number of pyridine rings is 1. The molecule has 5 heteroatoms. The summed E-state index contributed by atoms with van der Waals surface area (Å²) in [7, 11) is 0. The monoisotopic (exact) mass is 355 g/mol. The van der Waals surface area contributed by atoms with Crippen molar-refractivity contribution in [3.05, 3.63) is 75.4 Å². The predicted molar refractivity (Wildman–Crippen MR) is 100.0 cm³/mol. The summed E-state index contributed by atoms with van der Waals surface area (Å²) in [6, 6.07) is 16.0. The highest BCUT2D eigenvalue weighted by atomic mass is 35.5. The maximum absolute atomic E-state index is 6.43. The Bertz CT molecular complexity index is 949. The number of hydrogen-bond acceptors (Lipinski definition) is 3. The smallest absolute Gasteiger partial charge is 0.135 e. The van der Waals surface area contributed by atoms with Crippen LogP contribution in [-0.4, -0.2) is 10.7 Å². The van der Waals surface area contributed by atoms with Gasteiger partial charge in [-0.25, -0.2) is 4.98 Å². The Labute approximate surface area is 150 Å². The molecule has 1 aliphatic rings.